The molecule has 126 valence electrons. The van der Waals surface area contributed by atoms with Crippen molar-refractivity contribution in [2.75, 3.05) is 24.1 Å². The molecule has 4 rings (SSSR count). The van der Waals surface area contributed by atoms with Crippen LogP contribution < -0.4 is 11.1 Å². The van der Waals surface area contributed by atoms with E-state index in [0.717, 1.165) is 48.2 Å². The third-order valence-electron chi connectivity index (χ3n) is 4.31. The minimum atomic E-state index is 0.526. The second-order valence-electron chi connectivity index (χ2n) is 6.09. The number of hydrogen-bond donors (Lipinski definition) is 2. The van der Waals surface area contributed by atoms with E-state index < -0.39 is 0 Å². The quantitative estimate of drug-likeness (QED) is 0.680. The number of nitrogen functional groups attached to an aromatic ring is 1. The lowest BCUT2D eigenvalue weighted by Gasteiger charge is -2.12. The lowest BCUT2D eigenvalue weighted by atomic mass is 10.0. The van der Waals surface area contributed by atoms with E-state index in [4.69, 9.17) is 5.73 Å². The minimum absolute atomic E-state index is 0.526. The van der Waals surface area contributed by atoms with Crippen LogP contribution in [0.1, 0.15) is 12.0 Å². The number of aryl methyl sites for hydroxylation is 1. The minimum Gasteiger partial charge on any atom is -0.384 e. The summed E-state index contributed by atoms with van der Waals surface area (Å²) in [6.07, 6.45) is 10.5. The van der Waals surface area contributed by atoms with Crippen molar-refractivity contribution in [3.8, 4) is 0 Å². The summed E-state index contributed by atoms with van der Waals surface area (Å²) in [5.74, 6) is 0.526. The normalized spacial score (nSPS) is 13.4. The van der Waals surface area contributed by atoms with Crippen molar-refractivity contribution in [2.45, 2.75) is 13.0 Å². The Morgan fingerprint density at radius 2 is 2.20 bits per heavy atom. The number of hydrogen-bond acceptors (Lipinski definition) is 5. The zero-order valence-corrected chi connectivity index (χ0v) is 13.9. The standard InChI is InChI=1S/C19H20N6/c20-19-11-17(23-5-1-8-25-9-7-22-13-25)16-3-2-14(10-18(16)24-19)15-4-6-21-12-15/h2-4,6-7,9-11,13H,1,5,8,12H2,(H3,20,23,24). The molecule has 0 amide bonds. The molecule has 0 saturated heterocycles. The third kappa shape index (κ3) is 3.38. The summed E-state index contributed by atoms with van der Waals surface area (Å²) in [6.45, 7) is 2.52. The molecule has 6 heteroatoms. The van der Waals surface area contributed by atoms with Crippen molar-refractivity contribution >= 4 is 34.2 Å². The number of nitrogens with one attached hydrogen (secondary N) is 1. The van der Waals surface area contributed by atoms with Crippen molar-refractivity contribution in [3.05, 3.63) is 54.6 Å². The fourth-order valence-corrected chi connectivity index (χ4v) is 3.03. The molecule has 0 radical (unpaired) electrons. The number of fused-ring (bicyclic) bond motifs is 1. The lowest BCUT2D eigenvalue weighted by molar-refractivity contribution is 0.661. The van der Waals surface area contributed by atoms with Gasteiger partial charge in [-0.2, -0.15) is 0 Å². The van der Waals surface area contributed by atoms with Crippen molar-refractivity contribution in [3.63, 3.8) is 0 Å². The van der Waals surface area contributed by atoms with Crippen LogP contribution in [0.4, 0.5) is 11.5 Å². The summed E-state index contributed by atoms with van der Waals surface area (Å²) in [5, 5.41) is 4.57. The Labute approximate surface area is 146 Å². The summed E-state index contributed by atoms with van der Waals surface area (Å²) >= 11 is 0. The molecule has 25 heavy (non-hydrogen) atoms. The van der Waals surface area contributed by atoms with Crippen LogP contribution in [0.15, 0.2) is 54.1 Å². The first-order chi connectivity index (χ1) is 12.3. The topological polar surface area (TPSA) is 81.1 Å². The SMILES string of the molecule is Nc1cc(NCCCn2ccnc2)c2ccc(C3=CC=NC3)cc2n1. The molecule has 0 aliphatic carbocycles. The smallest absolute Gasteiger partial charge is 0.126 e. The number of nitrogens with zero attached hydrogens (tertiary/aromatic N) is 4. The highest BCUT2D eigenvalue weighted by Gasteiger charge is 2.09. The Balaban J connectivity index is 1.51. The summed E-state index contributed by atoms with van der Waals surface area (Å²) in [5.41, 5.74) is 10.3. The predicted molar refractivity (Wildman–Crippen MR) is 103 cm³/mol. The Bertz CT molecular complexity index is 940. The van der Waals surface area contributed by atoms with Crippen LogP contribution in [-0.2, 0) is 6.54 Å². The number of allylic oxidation sites excluding steroid dienone is 1. The van der Waals surface area contributed by atoms with Gasteiger partial charge in [0, 0.05) is 48.8 Å². The Morgan fingerprint density at radius 3 is 3.00 bits per heavy atom. The van der Waals surface area contributed by atoms with Gasteiger partial charge in [0.1, 0.15) is 5.82 Å². The van der Waals surface area contributed by atoms with E-state index in [1.165, 1.54) is 5.57 Å². The molecule has 2 aromatic heterocycles. The summed E-state index contributed by atoms with van der Waals surface area (Å²) in [6, 6.07) is 8.21. The molecule has 1 aromatic carbocycles. The maximum atomic E-state index is 6.01. The van der Waals surface area contributed by atoms with Gasteiger partial charge in [-0.15, -0.1) is 0 Å². The first-order valence-electron chi connectivity index (χ1n) is 8.39. The largest absolute Gasteiger partial charge is 0.384 e. The highest BCUT2D eigenvalue weighted by atomic mass is 15.0. The molecule has 1 aliphatic rings. The zero-order chi connectivity index (χ0) is 17.1. The van der Waals surface area contributed by atoms with Gasteiger partial charge in [-0.3, -0.25) is 4.99 Å². The molecule has 0 spiro atoms. The summed E-state index contributed by atoms with van der Waals surface area (Å²) in [7, 11) is 0. The fourth-order valence-electron chi connectivity index (χ4n) is 3.03. The van der Waals surface area contributed by atoms with Crippen molar-refractivity contribution < 1.29 is 0 Å². The van der Waals surface area contributed by atoms with Gasteiger partial charge in [-0.25, -0.2) is 9.97 Å². The second kappa shape index (κ2) is 6.76. The van der Waals surface area contributed by atoms with Gasteiger partial charge < -0.3 is 15.6 Å². The molecule has 0 atom stereocenters. The molecule has 6 nitrogen and oxygen atoms in total. The van der Waals surface area contributed by atoms with Crippen molar-refractivity contribution in [1.82, 2.24) is 14.5 Å². The zero-order valence-electron chi connectivity index (χ0n) is 13.9. The molecule has 0 fully saturated rings. The lowest BCUT2D eigenvalue weighted by Crippen LogP contribution is -2.07. The number of benzene rings is 1. The van der Waals surface area contributed by atoms with Crippen LogP contribution in [0.5, 0.6) is 0 Å². The van der Waals surface area contributed by atoms with Crippen LogP contribution in [0, 0.1) is 0 Å². The Morgan fingerprint density at radius 1 is 1.24 bits per heavy atom. The van der Waals surface area contributed by atoms with E-state index in [1.807, 2.05) is 30.9 Å². The van der Waals surface area contributed by atoms with E-state index >= 15 is 0 Å². The van der Waals surface area contributed by atoms with E-state index in [9.17, 15) is 0 Å². The average molecular weight is 332 g/mol. The second-order valence-corrected chi connectivity index (χ2v) is 6.09. The number of aliphatic imine (C=N–C) groups is 1. The third-order valence-corrected chi connectivity index (χ3v) is 4.31. The van der Waals surface area contributed by atoms with Gasteiger partial charge in [0.25, 0.3) is 0 Å². The Hall–Kier alpha value is -3.15. The summed E-state index contributed by atoms with van der Waals surface area (Å²) in [4.78, 5) is 12.8. The number of rotatable bonds is 6. The summed E-state index contributed by atoms with van der Waals surface area (Å²) < 4.78 is 2.07. The van der Waals surface area contributed by atoms with Crippen LogP contribution >= 0.6 is 0 Å². The first-order valence-corrected chi connectivity index (χ1v) is 8.39. The van der Waals surface area contributed by atoms with E-state index in [2.05, 4.69) is 43.0 Å². The monoisotopic (exact) mass is 332 g/mol. The number of pyridine rings is 1. The fraction of sp³-hybridized carbons (Fsp3) is 0.211. The molecule has 3 N–H and O–H groups in total. The van der Waals surface area contributed by atoms with Gasteiger partial charge in [0.2, 0.25) is 0 Å². The average Bonchev–Trinajstić information content (AvgIpc) is 3.31. The molecule has 3 heterocycles. The highest BCUT2D eigenvalue weighted by molar-refractivity contribution is 5.96. The van der Waals surface area contributed by atoms with Crippen LogP contribution in [0.2, 0.25) is 0 Å². The number of imidazole rings is 1. The molecular formula is C19H20N6. The van der Waals surface area contributed by atoms with E-state index in [-0.39, 0.29) is 0 Å². The highest BCUT2D eigenvalue weighted by Crippen LogP contribution is 2.28. The predicted octanol–water partition coefficient (Wildman–Crippen LogP) is 2.98. The van der Waals surface area contributed by atoms with E-state index in [0.29, 0.717) is 5.82 Å². The molecule has 0 saturated carbocycles. The molecular weight excluding hydrogens is 312 g/mol. The van der Waals surface area contributed by atoms with Gasteiger partial charge in [-0.05, 0) is 29.7 Å². The van der Waals surface area contributed by atoms with Gasteiger partial charge in [-0.1, -0.05) is 12.1 Å². The van der Waals surface area contributed by atoms with Gasteiger partial charge in [0.15, 0.2) is 0 Å². The number of nitrogens with two attached hydrogens (primary N) is 1. The van der Waals surface area contributed by atoms with Gasteiger partial charge >= 0.3 is 0 Å². The number of anilines is 2. The molecule has 1 aliphatic heterocycles. The number of aromatic nitrogens is 3. The van der Waals surface area contributed by atoms with Gasteiger partial charge in [0.05, 0.1) is 18.4 Å². The molecule has 0 unspecified atom stereocenters. The van der Waals surface area contributed by atoms with Crippen LogP contribution in [-0.4, -0.2) is 33.8 Å². The van der Waals surface area contributed by atoms with Crippen LogP contribution in [0.3, 0.4) is 0 Å². The maximum Gasteiger partial charge on any atom is 0.126 e. The Kier molecular flexibility index (Phi) is 4.16. The van der Waals surface area contributed by atoms with Crippen LogP contribution in [0.25, 0.3) is 16.5 Å². The maximum absolute atomic E-state index is 6.01. The first kappa shape index (κ1) is 15.4. The van der Waals surface area contributed by atoms with E-state index in [1.54, 1.807) is 6.20 Å². The van der Waals surface area contributed by atoms with Crippen molar-refractivity contribution in [2.24, 2.45) is 4.99 Å². The molecule has 0 bridgehead atoms. The van der Waals surface area contributed by atoms with Crippen molar-refractivity contribution in [1.29, 1.82) is 0 Å². The molecule has 3 aromatic rings.